The van der Waals surface area contributed by atoms with Gasteiger partial charge in [-0.05, 0) is 77.5 Å². The summed E-state index contributed by atoms with van der Waals surface area (Å²) in [5.41, 5.74) is 0.135. The summed E-state index contributed by atoms with van der Waals surface area (Å²) < 4.78 is 6.23. The maximum atomic E-state index is 12.6. The molecule has 4 rings (SSSR count). The zero-order valence-electron chi connectivity index (χ0n) is 15.0. The molecule has 5 nitrogen and oxygen atoms in total. The molecule has 0 radical (unpaired) electrons. The van der Waals surface area contributed by atoms with Crippen molar-refractivity contribution in [2.75, 3.05) is 45.9 Å². The van der Waals surface area contributed by atoms with Crippen molar-refractivity contribution in [1.29, 1.82) is 0 Å². The summed E-state index contributed by atoms with van der Waals surface area (Å²) in [4.78, 5) is 17.4. The van der Waals surface area contributed by atoms with E-state index in [0.29, 0.717) is 11.9 Å². The predicted molar refractivity (Wildman–Crippen MR) is 93.9 cm³/mol. The molecule has 4 aliphatic heterocycles. The van der Waals surface area contributed by atoms with Crippen LogP contribution < -0.4 is 5.32 Å². The molecule has 1 atom stereocenters. The monoisotopic (exact) mass is 335 g/mol. The largest absolute Gasteiger partial charge is 0.375 e. The molecular formula is C19H33N3O2. The SMILES string of the molecule is O=C(C1CCN(C2CCOC3(CCNCC3)C2)CC1)N1CCCC1. The average Bonchev–Trinajstić information content (AvgIpc) is 3.17. The summed E-state index contributed by atoms with van der Waals surface area (Å²) >= 11 is 0. The van der Waals surface area contributed by atoms with Crippen molar-refractivity contribution in [3.05, 3.63) is 0 Å². The fourth-order valence-electron chi connectivity index (χ4n) is 5.25. The number of hydrogen-bond acceptors (Lipinski definition) is 4. The quantitative estimate of drug-likeness (QED) is 0.833. The second kappa shape index (κ2) is 7.30. The van der Waals surface area contributed by atoms with Crippen molar-refractivity contribution in [2.24, 2.45) is 5.92 Å². The van der Waals surface area contributed by atoms with E-state index in [9.17, 15) is 4.79 Å². The number of nitrogens with zero attached hydrogens (tertiary/aromatic N) is 2. The van der Waals surface area contributed by atoms with Gasteiger partial charge in [-0.2, -0.15) is 0 Å². The minimum Gasteiger partial charge on any atom is -0.375 e. The van der Waals surface area contributed by atoms with E-state index in [0.717, 1.165) is 71.6 Å². The summed E-state index contributed by atoms with van der Waals surface area (Å²) in [6, 6.07) is 0.666. The summed E-state index contributed by atoms with van der Waals surface area (Å²) in [6.45, 7) is 7.30. The number of nitrogens with one attached hydrogen (secondary N) is 1. The normalized spacial score (nSPS) is 32.3. The van der Waals surface area contributed by atoms with Crippen LogP contribution >= 0.6 is 0 Å². The van der Waals surface area contributed by atoms with E-state index in [1.54, 1.807) is 0 Å². The first kappa shape index (κ1) is 16.8. The van der Waals surface area contributed by atoms with Crippen LogP contribution in [0.4, 0.5) is 0 Å². The highest BCUT2D eigenvalue weighted by atomic mass is 16.5. The third kappa shape index (κ3) is 3.49. The van der Waals surface area contributed by atoms with Crippen molar-refractivity contribution >= 4 is 5.91 Å². The second-order valence-electron chi connectivity index (χ2n) is 8.27. The predicted octanol–water partition coefficient (Wildman–Crippen LogP) is 1.62. The highest BCUT2D eigenvalue weighted by Crippen LogP contribution is 2.36. The first-order valence-electron chi connectivity index (χ1n) is 10.1. The van der Waals surface area contributed by atoms with Crippen LogP contribution in [0.15, 0.2) is 0 Å². The lowest BCUT2D eigenvalue weighted by molar-refractivity contribution is -0.139. The maximum Gasteiger partial charge on any atom is 0.225 e. The van der Waals surface area contributed by atoms with Crippen molar-refractivity contribution in [2.45, 2.75) is 63.0 Å². The Bertz CT molecular complexity index is 430. The van der Waals surface area contributed by atoms with E-state index in [1.165, 1.54) is 25.7 Å². The van der Waals surface area contributed by atoms with Crippen LogP contribution in [0, 0.1) is 5.92 Å². The van der Waals surface area contributed by atoms with Crippen molar-refractivity contribution in [1.82, 2.24) is 15.1 Å². The Kier molecular flexibility index (Phi) is 5.11. The van der Waals surface area contributed by atoms with E-state index in [1.807, 2.05) is 0 Å². The summed E-state index contributed by atoms with van der Waals surface area (Å²) in [5, 5.41) is 3.46. The molecule has 1 amide bonds. The highest BCUT2D eigenvalue weighted by Gasteiger charge is 2.41. The maximum absolute atomic E-state index is 12.6. The van der Waals surface area contributed by atoms with Gasteiger partial charge in [-0.1, -0.05) is 0 Å². The molecule has 5 heteroatoms. The number of amides is 1. The Labute approximate surface area is 146 Å². The molecule has 0 aromatic heterocycles. The minimum atomic E-state index is 0.135. The van der Waals surface area contributed by atoms with Gasteiger partial charge in [0.15, 0.2) is 0 Å². The van der Waals surface area contributed by atoms with E-state index in [2.05, 4.69) is 15.1 Å². The smallest absolute Gasteiger partial charge is 0.225 e. The lowest BCUT2D eigenvalue weighted by Gasteiger charge is -2.48. The number of carbonyl (C=O) groups excluding carboxylic acids is 1. The van der Waals surface area contributed by atoms with Crippen LogP contribution in [0.3, 0.4) is 0 Å². The Morgan fingerprint density at radius 3 is 2.42 bits per heavy atom. The standard InChI is InChI=1S/C19H33N3O2/c23-18(22-10-1-2-11-22)16-3-12-21(13-4-16)17-5-14-24-19(15-17)6-8-20-9-7-19/h16-17,20H,1-15H2. The van der Waals surface area contributed by atoms with Crippen molar-refractivity contribution in [3.63, 3.8) is 0 Å². The third-order valence-electron chi connectivity index (χ3n) is 6.79. The molecular weight excluding hydrogens is 302 g/mol. The van der Waals surface area contributed by atoms with Crippen molar-refractivity contribution < 1.29 is 9.53 Å². The molecule has 4 saturated heterocycles. The van der Waals surface area contributed by atoms with Crippen molar-refractivity contribution in [3.8, 4) is 0 Å². The first-order chi connectivity index (χ1) is 11.8. The van der Waals surface area contributed by atoms with Gasteiger partial charge in [0.05, 0.1) is 5.60 Å². The number of rotatable bonds is 2. The van der Waals surface area contributed by atoms with Gasteiger partial charge in [0.1, 0.15) is 0 Å². The molecule has 0 aromatic rings. The molecule has 4 heterocycles. The molecule has 1 unspecified atom stereocenters. The summed E-state index contributed by atoms with van der Waals surface area (Å²) in [7, 11) is 0. The zero-order chi connectivity index (χ0) is 16.4. The Hall–Kier alpha value is -0.650. The van der Waals surface area contributed by atoms with Gasteiger partial charge in [-0.15, -0.1) is 0 Å². The number of ether oxygens (including phenoxy) is 1. The number of likely N-dealkylation sites (tertiary alicyclic amines) is 2. The fraction of sp³-hybridized carbons (Fsp3) is 0.947. The lowest BCUT2D eigenvalue weighted by Crippen LogP contribution is -2.54. The Morgan fingerprint density at radius 2 is 1.71 bits per heavy atom. The molecule has 0 aromatic carbocycles. The molecule has 4 fully saturated rings. The Balaban J connectivity index is 1.29. The summed E-state index contributed by atoms with van der Waals surface area (Å²) in [6.07, 6.45) is 9.19. The van der Waals surface area contributed by atoms with E-state index in [4.69, 9.17) is 4.74 Å². The van der Waals surface area contributed by atoms with Gasteiger partial charge in [-0.3, -0.25) is 4.79 Å². The summed E-state index contributed by atoms with van der Waals surface area (Å²) in [5.74, 6) is 0.723. The third-order valence-corrected chi connectivity index (χ3v) is 6.79. The number of carbonyl (C=O) groups is 1. The highest BCUT2D eigenvalue weighted by molar-refractivity contribution is 5.79. The molecule has 1 spiro atoms. The molecule has 1 N–H and O–H groups in total. The minimum absolute atomic E-state index is 0.135. The van der Waals surface area contributed by atoms with E-state index >= 15 is 0 Å². The molecule has 0 aliphatic carbocycles. The lowest BCUT2D eigenvalue weighted by atomic mass is 9.81. The van der Waals surface area contributed by atoms with Gasteiger partial charge in [0.2, 0.25) is 5.91 Å². The average molecular weight is 335 g/mol. The Morgan fingerprint density at radius 1 is 1.00 bits per heavy atom. The number of hydrogen-bond donors (Lipinski definition) is 1. The molecule has 0 saturated carbocycles. The van der Waals surface area contributed by atoms with Crippen LogP contribution in [-0.4, -0.2) is 73.2 Å². The molecule has 4 aliphatic rings. The van der Waals surface area contributed by atoms with Crippen LogP contribution in [0.1, 0.15) is 51.4 Å². The molecule has 24 heavy (non-hydrogen) atoms. The van der Waals surface area contributed by atoms with Gasteiger partial charge in [0, 0.05) is 31.7 Å². The van der Waals surface area contributed by atoms with Gasteiger partial charge >= 0.3 is 0 Å². The van der Waals surface area contributed by atoms with Gasteiger partial charge in [-0.25, -0.2) is 0 Å². The van der Waals surface area contributed by atoms with Crippen LogP contribution in [0.2, 0.25) is 0 Å². The first-order valence-corrected chi connectivity index (χ1v) is 10.1. The zero-order valence-corrected chi connectivity index (χ0v) is 15.0. The second-order valence-corrected chi connectivity index (χ2v) is 8.27. The van der Waals surface area contributed by atoms with Crippen LogP contribution in [0.25, 0.3) is 0 Å². The number of piperidine rings is 2. The topological polar surface area (TPSA) is 44.8 Å². The van der Waals surface area contributed by atoms with E-state index < -0.39 is 0 Å². The van der Waals surface area contributed by atoms with E-state index in [-0.39, 0.29) is 11.5 Å². The van der Waals surface area contributed by atoms with Crippen LogP contribution in [0.5, 0.6) is 0 Å². The fourth-order valence-corrected chi connectivity index (χ4v) is 5.25. The van der Waals surface area contributed by atoms with Crippen LogP contribution in [-0.2, 0) is 9.53 Å². The molecule has 136 valence electrons. The van der Waals surface area contributed by atoms with Gasteiger partial charge in [0.25, 0.3) is 0 Å². The van der Waals surface area contributed by atoms with Gasteiger partial charge < -0.3 is 19.9 Å². The molecule has 0 bridgehead atoms.